The van der Waals surface area contributed by atoms with Crippen LogP contribution in [0.5, 0.6) is 34.5 Å². The number of aromatic nitrogens is 6. The number of nitrogens with one attached hydrogen (secondary N) is 4. The fraction of sp³-hybridized carbons (Fsp3) is 0.252. The third-order valence-electron chi connectivity index (χ3n) is 18.2. The average Bonchev–Trinajstić information content (AvgIpc) is 0.885. The molecule has 728 valence electrons. The van der Waals surface area contributed by atoms with Gasteiger partial charge in [0.1, 0.15) is 26.4 Å². The number of amides is 4. The van der Waals surface area contributed by atoms with Crippen LogP contribution in [0.2, 0.25) is 0 Å². The van der Waals surface area contributed by atoms with Gasteiger partial charge in [0.15, 0.2) is 0 Å². The number of hydrogen-bond acceptors (Lipinski definition) is 26. The van der Waals surface area contributed by atoms with Crippen LogP contribution < -0.4 is 49.7 Å². The largest absolute Gasteiger partial charge is 3.00 e. The minimum absolute atomic E-state index is 0. The van der Waals surface area contributed by atoms with E-state index in [1.807, 2.05) is 151 Å². The predicted octanol–water partition coefficient (Wildman–Crippen LogP) is 19.9. The van der Waals surface area contributed by atoms with Crippen molar-refractivity contribution in [2.75, 3.05) is 52.6 Å². The van der Waals surface area contributed by atoms with E-state index in [1.165, 1.54) is 6.42 Å². The first-order valence-corrected chi connectivity index (χ1v) is 43.8. The van der Waals surface area contributed by atoms with Gasteiger partial charge in [-0.25, -0.2) is 28.8 Å². The monoisotopic (exact) mass is 2240 g/mol. The molecule has 0 saturated heterocycles. The number of pyridine rings is 6. The summed E-state index contributed by atoms with van der Waals surface area (Å²) in [4.78, 5) is 141. The molecule has 0 aliphatic carbocycles. The fourth-order valence-electron chi connectivity index (χ4n) is 10.2. The molecular formula is C107H112Ir2N10O20. The van der Waals surface area contributed by atoms with E-state index in [0.717, 1.165) is 67.5 Å². The topological polar surface area (TPSA) is 388 Å². The van der Waals surface area contributed by atoms with E-state index in [1.54, 1.807) is 174 Å². The second-order valence-corrected chi connectivity index (χ2v) is 30.1. The molecule has 0 radical (unpaired) electrons. The Hall–Kier alpha value is -15.1. The molecule has 0 unspecified atom stereocenters. The third-order valence-corrected chi connectivity index (χ3v) is 18.2. The van der Waals surface area contributed by atoms with Gasteiger partial charge < -0.3 is 98.5 Å². The van der Waals surface area contributed by atoms with E-state index >= 15 is 0 Å². The Labute approximate surface area is 838 Å². The fourth-order valence-corrected chi connectivity index (χ4v) is 10.2. The molecule has 30 nitrogen and oxygen atoms in total. The summed E-state index contributed by atoms with van der Waals surface area (Å²) in [5.41, 5.74) is 8.64. The van der Waals surface area contributed by atoms with E-state index in [2.05, 4.69) is 115 Å². The molecule has 0 spiro atoms. The molecule has 0 fully saturated rings. The molecule has 6 aromatic carbocycles. The van der Waals surface area contributed by atoms with E-state index in [0.29, 0.717) is 71.3 Å². The Morgan fingerprint density at radius 1 is 0.302 bits per heavy atom. The summed E-state index contributed by atoms with van der Waals surface area (Å²) in [5.74, 6) is 0.489. The van der Waals surface area contributed by atoms with Crippen molar-refractivity contribution in [2.45, 2.75) is 115 Å². The van der Waals surface area contributed by atoms with Crippen molar-refractivity contribution < 1.29 is 136 Å². The number of nitrogens with zero attached hydrogens (tertiary/aromatic N) is 6. The summed E-state index contributed by atoms with van der Waals surface area (Å²) in [6.07, 6.45) is 11.0. The van der Waals surface area contributed by atoms with Crippen LogP contribution in [0.4, 0.5) is 19.2 Å². The van der Waals surface area contributed by atoms with Gasteiger partial charge in [-0.1, -0.05) is 134 Å². The molecule has 0 bridgehead atoms. The molecule has 32 heteroatoms. The van der Waals surface area contributed by atoms with Crippen molar-refractivity contribution in [2.24, 2.45) is 10.8 Å². The van der Waals surface area contributed by atoms with Gasteiger partial charge in [-0.15, -0.1) is 179 Å². The van der Waals surface area contributed by atoms with Gasteiger partial charge in [0.05, 0.1) is 71.5 Å². The van der Waals surface area contributed by atoms with Gasteiger partial charge in [-0.05, 0) is 125 Å². The zero-order valence-corrected chi connectivity index (χ0v) is 84.2. The van der Waals surface area contributed by atoms with Gasteiger partial charge >= 0.3 is 100 Å². The standard InChI is InChI=1S/2C20H23N2O4.2C18H17N2O4.2C14H12NO2.C3H8.2Ir/c2*1-4-20(2,3)18(23)25-13-12-22-19(24)26-16-9-7-8-15(14-16)17-10-5-6-11-21-17;2*1-13(2)17(21)23-11-10-20-18(22)24-15-7-5-6-14(12-15)16-8-3-4-9-19-16;2*1-2-14(16)17-12-7-5-6-11(10-12)13-8-3-4-9-15-13;1-3-2;;/h2*5-7,9-11,14H,4,12-13H2,1-3H3,(H,22,24);2*3-5,7-9,12H,1,10-11H2,2H3,(H,20,22);2*3-5,7-10H,2H2,1H3;3H2,1-2H3;;/q6*-1;;2*+3. The third kappa shape index (κ3) is 45.4. The average molecular weight is 2240 g/mol. The van der Waals surface area contributed by atoms with Gasteiger partial charge in [0.25, 0.3) is 0 Å². The summed E-state index contributed by atoms with van der Waals surface area (Å²) < 4.78 is 51.1. The van der Waals surface area contributed by atoms with Crippen LogP contribution in [0.3, 0.4) is 0 Å². The molecule has 0 saturated carbocycles. The zero-order valence-electron chi connectivity index (χ0n) is 79.4. The van der Waals surface area contributed by atoms with Crippen molar-refractivity contribution in [3.63, 3.8) is 0 Å². The van der Waals surface area contributed by atoms with Crippen molar-refractivity contribution in [1.29, 1.82) is 0 Å². The SMILES string of the molecule is C=C(C)C(=O)OCCNC(=O)Oc1cc[c-]c(-c2ccccn2)c1.C=C(C)C(=O)OCCNC(=O)Oc1cc[c-]c(-c2ccccn2)c1.CCC.CCC(=O)Oc1cc[c-]c(-c2ccccn2)c1.CCC(=O)Oc1cc[c-]c(-c2ccccn2)c1.CCC(C)(C)C(=O)OCCNC(=O)Oc1cc[c-]c(-c2ccccn2)c1.CCC(C)(C)C(=O)OCCNC(=O)Oc1cc[c-]c(-c2ccccn2)c1.[Ir+3].[Ir+3]. The number of carbonyl (C=O) groups is 10. The Morgan fingerprint density at radius 2 is 0.496 bits per heavy atom. The number of hydrogen-bond donors (Lipinski definition) is 4. The maximum absolute atomic E-state index is 11.9. The second kappa shape index (κ2) is 64.8. The predicted molar refractivity (Wildman–Crippen MR) is 517 cm³/mol. The molecule has 0 aliphatic heterocycles. The molecule has 4 amide bonds. The molecule has 12 rings (SSSR count). The quantitative estimate of drug-likeness (QED) is 0.00759. The van der Waals surface area contributed by atoms with Crippen LogP contribution in [-0.4, -0.2) is 143 Å². The van der Waals surface area contributed by atoms with Gasteiger partial charge in [-0.3, -0.25) is 19.2 Å². The van der Waals surface area contributed by atoms with Crippen molar-refractivity contribution in [3.05, 3.63) is 316 Å². The number of esters is 6. The summed E-state index contributed by atoms with van der Waals surface area (Å²) >= 11 is 0. The first-order chi connectivity index (χ1) is 66.0. The van der Waals surface area contributed by atoms with Crippen molar-refractivity contribution >= 4 is 60.2 Å². The maximum atomic E-state index is 11.9. The summed E-state index contributed by atoms with van der Waals surface area (Å²) in [6, 6.07) is 82.0. The van der Waals surface area contributed by atoms with Crippen molar-refractivity contribution in [1.82, 2.24) is 51.2 Å². The molecular weight excluding hydrogens is 2130 g/mol. The Morgan fingerprint density at radius 3 is 0.669 bits per heavy atom. The number of rotatable bonds is 32. The molecule has 0 atom stereocenters. The van der Waals surface area contributed by atoms with Gasteiger partial charge in [0, 0.05) is 61.2 Å². The molecule has 0 aliphatic rings. The van der Waals surface area contributed by atoms with E-state index in [-0.39, 0.29) is 117 Å². The van der Waals surface area contributed by atoms with Crippen LogP contribution in [0.25, 0.3) is 67.5 Å². The molecule has 12 aromatic rings. The Kier molecular flexibility index (Phi) is 54.2. The smallest absolute Gasteiger partial charge is 0.463 e. The molecule has 4 N–H and O–H groups in total. The molecule has 6 heterocycles. The first kappa shape index (κ1) is 116. The van der Waals surface area contributed by atoms with Crippen LogP contribution in [0.15, 0.2) is 280 Å². The minimum Gasteiger partial charge on any atom is -0.463 e. The van der Waals surface area contributed by atoms with Gasteiger partial charge in [-0.2, -0.15) is 0 Å². The summed E-state index contributed by atoms with van der Waals surface area (Å²) in [7, 11) is 0. The number of carbonyl (C=O) groups excluding carboxylic acids is 10. The van der Waals surface area contributed by atoms with Crippen LogP contribution in [-0.2, 0) is 87.9 Å². The van der Waals surface area contributed by atoms with E-state index in [4.69, 9.17) is 47.4 Å². The van der Waals surface area contributed by atoms with Gasteiger partial charge in [0.2, 0.25) is 0 Å². The summed E-state index contributed by atoms with van der Waals surface area (Å²) in [6.45, 7) is 29.9. The Bertz CT molecular complexity index is 5460. The molecule has 139 heavy (non-hydrogen) atoms. The van der Waals surface area contributed by atoms with E-state index in [9.17, 15) is 47.9 Å². The van der Waals surface area contributed by atoms with Crippen LogP contribution in [0, 0.1) is 47.2 Å². The molecule has 6 aromatic heterocycles. The maximum Gasteiger partial charge on any atom is 3.00 e. The normalized spacial score (nSPS) is 10.0. The first-order valence-electron chi connectivity index (χ1n) is 43.8. The number of benzene rings is 6. The van der Waals surface area contributed by atoms with Crippen LogP contribution in [0.1, 0.15) is 115 Å². The summed E-state index contributed by atoms with van der Waals surface area (Å²) in [5, 5.41) is 10.1. The van der Waals surface area contributed by atoms with Crippen LogP contribution >= 0.6 is 0 Å². The van der Waals surface area contributed by atoms with Crippen molar-refractivity contribution in [3.8, 4) is 102 Å². The minimum atomic E-state index is -0.639. The Balaban J connectivity index is 0.000000347. The number of ether oxygens (including phenoxy) is 10. The van der Waals surface area contributed by atoms with E-state index < -0.39 is 47.1 Å². The zero-order chi connectivity index (χ0) is 99.6. The second-order valence-electron chi connectivity index (χ2n) is 30.1.